The lowest BCUT2D eigenvalue weighted by Gasteiger charge is -2.31. The number of nitrogens with one attached hydrogen (secondary N) is 1. The molecular weight excluding hydrogens is 306 g/mol. The van der Waals surface area contributed by atoms with Gasteiger partial charge >= 0.3 is 0 Å². The molecule has 1 fully saturated rings. The van der Waals surface area contributed by atoms with Gasteiger partial charge in [-0.05, 0) is 19.1 Å². The fourth-order valence-electron chi connectivity index (χ4n) is 1.96. The van der Waals surface area contributed by atoms with Crippen molar-refractivity contribution in [3.63, 3.8) is 0 Å². The molecule has 1 N–H and O–H groups in total. The second-order valence-electron chi connectivity index (χ2n) is 4.56. The molecule has 1 aliphatic rings. The Morgan fingerprint density at radius 3 is 3.00 bits per heavy atom. The highest BCUT2D eigenvalue weighted by Gasteiger charge is 2.20. The molecule has 7 heteroatoms. The first-order valence-corrected chi connectivity index (χ1v) is 6.53. The van der Waals surface area contributed by atoms with Gasteiger partial charge in [0.15, 0.2) is 6.61 Å². The van der Waals surface area contributed by atoms with Gasteiger partial charge in [-0.15, -0.1) is 12.4 Å². The van der Waals surface area contributed by atoms with E-state index in [-0.39, 0.29) is 36.0 Å². The first kappa shape index (κ1) is 17.0. The standard InChI is InChI=1S/C13H16ClFN2O2.ClH/c1-9-7-17(5-4-16-9)13(18)8-19-10-2-3-12(15)11(14)6-10;/h2-3,6,9,16H,4-5,7-8H2,1H3;1H. The van der Waals surface area contributed by atoms with E-state index in [2.05, 4.69) is 5.32 Å². The second-order valence-corrected chi connectivity index (χ2v) is 4.97. The van der Waals surface area contributed by atoms with Gasteiger partial charge in [0.25, 0.3) is 5.91 Å². The monoisotopic (exact) mass is 322 g/mol. The molecule has 1 aromatic carbocycles. The number of amides is 1. The predicted octanol–water partition coefficient (Wildman–Crippen LogP) is 2.10. The Labute approximate surface area is 128 Å². The van der Waals surface area contributed by atoms with Gasteiger partial charge in [0.05, 0.1) is 5.02 Å². The Balaban J connectivity index is 0.00000200. The number of ether oxygens (including phenoxy) is 1. The summed E-state index contributed by atoms with van der Waals surface area (Å²) in [6.45, 7) is 4.10. The lowest BCUT2D eigenvalue weighted by Crippen LogP contribution is -2.52. The molecule has 0 saturated carbocycles. The van der Waals surface area contributed by atoms with Crippen molar-refractivity contribution in [1.82, 2.24) is 10.2 Å². The van der Waals surface area contributed by atoms with Crippen LogP contribution < -0.4 is 10.1 Å². The van der Waals surface area contributed by atoms with Crippen LogP contribution >= 0.6 is 24.0 Å². The second kappa shape index (κ2) is 7.67. The van der Waals surface area contributed by atoms with Gasteiger partial charge in [-0.3, -0.25) is 4.79 Å². The molecule has 1 atom stereocenters. The number of halogens is 3. The van der Waals surface area contributed by atoms with E-state index in [9.17, 15) is 9.18 Å². The van der Waals surface area contributed by atoms with Gasteiger partial charge in [0.1, 0.15) is 11.6 Å². The third-order valence-electron chi connectivity index (χ3n) is 2.97. The molecule has 20 heavy (non-hydrogen) atoms. The topological polar surface area (TPSA) is 41.6 Å². The zero-order valence-electron chi connectivity index (χ0n) is 11.1. The minimum atomic E-state index is -0.503. The Hall–Kier alpha value is -1.04. The molecule has 4 nitrogen and oxygen atoms in total. The average Bonchev–Trinajstić information content (AvgIpc) is 2.40. The van der Waals surface area contributed by atoms with Gasteiger partial charge in [0.2, 0.25) is 0 Å². The molecule has 112 valence electrons. The van der Waals surface area contributed by atoms with Crippen LogP contribution in [0.1, 0.15) is 6.92 Å². The van der Waals surface area contributed by atoms with Crippen molar-refractivity contribution in [3.05, 3.63) is 29.0 Å². The van der Waals surface area contributed by atoms with Crippen LogP contribution in [-0.2, 0) is 4.79 Å². The number of benzene rings is 1. The fourth-order valence-corrected chi connectivity index (χ4v) is 2.13. The highest BCUT2D eigenvalue weighted by atomic mass is 35.5. The van der Waals surface area contributed by atoms with E-state index in [0.717, 1.165) is 6.54 Å². The van der Waals surface area contributed by atoms with Crippen LogP contribution in [-0.4, -0.2) is 43.1 Å². The van der Waals surface area contributed by atoms with Gasteiger partial charge in [-0.25, -0.2) is 4.39 Å². The van der Waals surface area contributed by atoms with E-state index in [1.54, 1.807) is 4.90 Å². The van der Waals surface area contributed by atoms with E-state index >= 15 is 0 Å². The number of piperazine rings is 1. The molecule has 1 unspecified atom stereocenters. The fraction of sp³-hybridized carbons (Fsp3) is 0.462. The smallest absolute Gasteiger partial charge is 0.260 e. The summed E-state index contributed by atoms with van der Waals surface area (Å²) in [5.74, 6) is -0.187. The largest absolute Gasteiger partial charge is 0.484 e. The van der Waals surface area contributed by atoms with Gasteiger partial charge in [0, 0.05) is 31.7 Å². The Morgan fingerprint density at radius 1 is 1.60 bits per heavy atom. The summed E-state index contributed by atoms with van der Waals surface area (Å²) in [6, 6.07) is 4.33. The van der Waals surface area contributed by atoms with Crippen LogP contribution in [0, 0.1) is 5.82 Å². The summed E-state index contributed by atoms with van der Waals surface area (Å²) in [5, 5.41) is 3.25. The van der Waals surface area contributed by atoms with E-state index in [1.807, 2.05) is 6.92 Å². The van der Waals surface area contributed by atoms with E-state index in [0.29, 0.717) is 18.8 Å². The zero-order chi connectivity index (χ0) is 13.8. The van der Waals surface area contributed by atoms with Crippen LogP contribution in [0.2, 0.25) is 5.02 Å². The van der Waals surface area contributed by atoms with Crippen LogP contribution in [0.15, 0.2) is 18.2 Å². The highest BCUT2D eigenvalue weighted by molar-refractivity contribution is 6.30. The van der Waals surface area contributed by atoms with Crippen molar-refractivity contribution in [3.8, 4) is 5.75 Å². The quantitative estimate of drug-likeness (QED) is 0.926. The number of hydrogen-bond donors (Lipinski definition) is 1. The molecule has 2 rings (SSSR count). The van der Waals surface area contributed by atoms with Crippen LogP contribution in [0.5, 0.6) is 5.75 Å². The molecule has 0 aromatic heterocycles. The lowest BCUT2D eigenvalue weighted by atomic mass is 10.2. The molecule has 1 heterocycles. The molecule has 0 radical (unpaired) electrons. The van der Waals surface area contributed by atoms with Gasteiger partial charge in [-0.1, -0.05) is 11.6 Å². The minimum absolute atomic E-state index is 0. The molecule has 1 amide bonds. The molecule has 1 saturated heterocycles. The molecule has 0 bridgehead atoms. The van der Waals surface area contributed by atoms with Crippen molar-refractivity contribution in [2.24, 2.45) is 0 Å². The first-order chi connectivity index (χ1) is 9.06. The summed E-state index contributed by atoms with van der Waals surface area (Å²) < 4.78 is 18.3. The van der Waals surface area contributed by atoms with Crippen LogP contribution in [0.3, 0.4) is 0 Å². The summed E-state index contributed by atoms with van der Waals surface area (Å²) in [7, 11) is 0. The van der Waals surface area contributed by atoms with Crippen molar-refractivity contribution < 1.29 is 13.9 Å². The van der Waals surface area contributed by atoms with Gasteiger partial charge in [-0.2, -0.15) is 0 Å². The Morgan fingerprint density at radius 2 is 2.35 bits per heavy atom. The maximum absolute atomic E-state index is 13.0. The summed E-state index contributed by atoms with van der Waals surface area (Å²) in [6.07, 6.45) is 0. The number of rotatable bonds is 3. The van der Waals surface area contributed by atoms with E-state index < -0.39 is 5.82 Å². The molecule has 1 aliphatic heterocycles. The van der Waals surface area contributed by atoms with E-state index in [4.69, 9.17) is 16.3 Å². The average molecular weight is 323 g/mol. The number of carbonyl (C=O) groups excluding carboxylic acids is 1. The van der Waals surface area contributed by atoms with Gasteiger partial charge < -0.3 is 15.0 Å². The maximum atomic E-state index is 13.0. The van der Waals surface area contributed by atoms with Crippen molar-refractivity contribution in [2.75, 3.05) is 26.2 Å². The van der Waals surface area contributed by atoms with Crippen molar-refractivity contribution in [1.29, 1.82) is 0 Å². The maximum Gasteiger partial charge on any atom is 0.260 e. The molecule has 0 aliphatic carbocycles. The number of hydrogen-bond acceptors (Lipinski definition) is 3. The predicted molar refractivity (Wildman–Crippen MR) is 78.2 cm³/mol. The molecule has 0 spiro atoms. The highest BCUT2D eigenvalue weighted by Crippen LogP contribution is 2.21. The van der Waals surface area contributed by atoms with Crippen molar-refractivity contribution >= 4 is 29.9 Å². The molecule has 1 aromatic rings. The Kier molecular flexibility index (Phi) is 6.52. The molecular formula is C13H17Cl2FN2O2. The first-order valence-electron chi connectivity index (χ1n) is 6.15. The normalized spacial score (nSPS) is 18.4. The summed E-state index contributed by atoms with van der Waals surface area (Å²) in [4.78, 5) is 13.7. The third-order valence-corrected chi connectivity index (χ3v) is 3.26. The van der Waals surface area contributed by atoms with Crippen molar-refractivity contribution in [2.45, 2.75) is 13.0 Å². The minimum Gasteiger partial charge on any atom is -0.484 e. The zero-order valence-corrected chi connectivity index (χ0v) is 12.6. The Bertz CT molecular complexity index is 474. The number of carbonyl (C=O) groups is 1. The summed E-state index contributed by atoms with van der Waals surface area (Å²) >= 11 is 5.64. The van der Waals surface area contributed by atoms with E-state index in [1.165, 1.54) is 18.2 Å². The number of nitrogens with zero attached hydrogens (tertiary/aromatic N) is 1. The SMILES string of the molecule is CC1CN(C(=O)COc2ccc(F)c(Cl)c2)CCN1.Cl. The van der Waals surface area contributed by atoms with Crippen LogP contribution in [0.25, 0.3) is 0 Å². The lowest BCUT2D eigenvalue weighted by molar-refractivity contribution is -0.134. The van der Waals surface area contributed by atoms with Crippen LogP contribution in [0.4, 0.5) is 4.39 Å². The summed E-state index contributed by atoms with van der Waals surface area (Å²) in [5.41, 5.74) is 0. The third kappa shape index (κ3) is 4.51.